The number of hydrogen-bond donors (Lipinski definition) is 1. The largest absolute Gasteiger partial charge is 0.352 e. The number of rotatable bonds is 7. The number of carbonyl (C=O) groups excluding carboxylic acids is 1. The van der Waals surface area contributed by atoms with E-state index in [0.29, 0.717) is 11.2 Å². The average Bonchev–Trinajstić information content (AvgIpc) is 3.15. The highest BCUT2D eigenvalue weighted by Crippen LogP contribution is 2.21. The van der Waals surface area contributed by atoms with Crippen LogP contribution in [0.3, 0.4) is 0 Å². The summed E-state index contributed by atoms with van der Waals surface area (Å²) in [4.78, 5) is 25.7. The molecule has 1 atom stereocenters. The number of fused-ring (bicyclic) bond motifs is 1. The smallest absolute Gasteiger partial charge is 0.295 e. The standard InChI is InChI=1S/C26H29N5O2/c1-17-10-14-22(15-11-17)31-20(4)24-19(3)28-30(26(33)25(24)29-31)16-23(32)27-18(2)12-13-21-8-6-5-7-9-21/h5-11,14-15,18H,12-13,16H2,1-4H3,(H,27,32)/t18-/m0/s1. The lowest BCUT2D eigenvalue weighted by Crippen LogP contribution is -2.38. The van der Waals surface area contributed by atoms with E-state index in [1.54, 1.807) is 4.68 Å². The van der Waals surface area contributed by atoms with Crippen molar-refractivity contribution in [2.24, 2.45) is 0 Å². The van der Waals surface area contributed by atoms with E-state index < -0.39 is 0 Å². The maximum absolute atomic E-state index is 13.1. The van der Waals surface area contributed by atoms with Gasteiger partial charge in [0.15, 0.2) is 5.52 Å². The molecule has 0 radical (unpaired) electrons. The van der Waals surface area contributed by atoms with Crippen LogP contribution >= 0.6 is 0 Å². The summed E-state index contributed by atoms with van der Waals surface area (Å²) in [5.74, 6) is -0.237. The minimum Gasteiger partial charge on any atom is -0.352 e. The van der Waals surface area contributed by atoms with Gasteiger partial charge in [0.1, 0.15) is 6.54 Å². The molecular weight excluding hydrogens is 414 g/mol. The summed E-state index contributed by atoms with van der Waals surface area (Å²) in [5.41, 5.74) is 4.74. The Bertz CT molecular complexity index is 1340. The van der Waals surface area contributed by atoms with Crippen molar-refractivity contribution < 1.29 is 4.79 Å². The molecule has 0 spiro atoms. The highest BCUT2D eigenvalue weighted by molar-refractivity contribution is 5.84. The third kappa shape index (κ3) is 4.87. The van der Waals surface area contributed by atoms with E-state index in [9.17, 15) is 9.59 Å². The Morgan fingerprint density at radius 2 is 1.70 bits per heavy atom. The lowest BCUT2D eigenvalue weighted by atomic mass is 10.1. The third-order valence-electron chi connectivity index (χ3n) is 5.87. The first-order chi connectivity index (χ1) is 15.8. The fourth-order valence-corrected chi connectivity index (χ4v) is 4.08. The van der Waals surface area contributed by atoms with E-state index in [0.717, 1.165) is 35.2 Å². The molecule has 2 aromatic heterocycles. The molecule has 0 unspecified atom stereocenters. The predicted molar refractivity (Wildman–Crippen MR) is 130 cm³/mol. The van der Waals surface area contributed by atoms with Gasteiger partial charge in [-0.25, -0.2) is 9.36 Å². The van der Waals surface area contributed by atoms with Crippen LogP contribution in [0.5, 0.6) is 0 Å². The molecule has 0 saturated carbocycles. The van der Waals surface area contributed by atoms with Gasteiger partial charge in [-0.1, -0.05) is 48.0 Å². The van der Waals surface area contributed by atoms with E-state index in [2.05, 4.69) is 27.6 Å². The maximum atomic E-state index is 13.1. The molecule has 33 heavy (non-hydrogen) atoms. The van der Waals surface area contributed by atoms with Gasteiger partial charge in [0.05, 0.1) is 22.5 Å². The first-order valence-corrected chi connectivity index (χ1v) is 11.2. The normalized spacial score (nSPS) is 12.1. The van der Waals surface area contributed by atoms with Crippen LogP contribution < -0.4 is 10.9 Å². The van der Waals surface area contributed by atoms with Gasteiger partial charge in [-0.15, -0.1) is 0 Å². The SMILES string of the molecule is Cc1ccc(-n2nc3c(=O)n(CC(=O)N[C@@H](C)CCc4ccccc4)nc(C)c3c2C)cc1. The van der Waals surface area contributed by atoms with Gasteiger partial charge in [0, 0.05) is 6.04 Å². The highest BCUT2D eigenvalue weighted by atomic mass is 16.2. The Balaban J connectivity index is 1.52. The fourth-order valence-electron chi connectivity index (χ4n) is 4.08. The Morgan fingerprint density at radius 1 is 1.00 bits per heavy atom. The number of hydrogen-bond acceptors (Lipinski definition) is 4. The molecule has 0 aliphatic rings. The zero-order valence-electron chi connectivity index (χ0n) is 19.5. The summed E-state index contributed by atoms with van der Waals surface area (Å²) < 4.78 is 2.97. The van der Waals surface area contributed by atoms with Crippen molar-refractivity contribution in [3.8, 4) is 5.69 Å². The van der Waals surface area contributed by atoms with Crippen molar-refractivity contribution in [3.05, 3.63) is 87.5 Å². The van der Waals surface area contributed by atoms with E-state index in [4.69, 9.17) is 0 Å². The molecule has 170 valence electrons. The number of aryl methyl sites for hydroxylation is 4. The van der Waals surface area contributed by atoms with E-state index >= 15 is 0 Å². The molecule has 0 aliphatic heterocycles. The second-order valence-electron chi connectivity index (χ2n) is 8.60. The second-order valence-corrected chi connectivity index (χ2v) is 8.60. The van der Waals surface area contributed by atoms with Crippen molar-refractivity contribution in [2.45, 2.75) is 53.1 Å². The number of nitrogens with one attached hydrogen (secondary N) is 1. The molecule has 0 bridgehead atoms. The van der Waals surface area contributed by atoms with Crippen LogP contribution in [0.25, 0.3) is 16.6 Å². The van der Waals surface area contributed by atoms with Crippen LogP contribution in [-0.2, 0) is 17.8 Å². The van der Waals surface area contributed by atoms with E-state index in [1.165, 1.54) is 10.2 Å². The molecule has 0 saturated heterocycles. The molecule has 1 amide bonds. The molecular formula is C26H29N5O2. The number of aromatic nitrogens is 4. The van der Waals surface area contributed by atoms with Crippen LogP contribution in [0.2, 0.25) is 0 Å². The lowest BCUT2D eigenvalue weighted by molar-refractivity contribution is -0.122. The first kappa shape index (κ1) is 22.5. The van der Waals surface area contributed by atoms with Crippen molar-refractivity contribution in [2.75, 3.05) is 0 Å². The summed E-state index contributed by atoms with van der Waals surface area (Å²) in [6.45, 7) is 7.62. The van der Waals surface area contributed by atoms with Crippen LogP contribution in [0, 0.1) is 20.8 Å². The van der Waals surface area contributed by atoms with Crippen molar-refractivity contribution in [3.63, 3.8) is 0 Å². The molecule has 0 aliphatic carbocycles. The Morgan fingerprint density at radius 3 is 2.39 bits per heavy atom. The molecule has 4 rings (SSSR count). The van der Waals surface area contributed by atoms with Gasteiger partial charge >= 0.3 is 0 Å². The average molecular weight is 444 g/mol. The summed E-state index contributed by atoms with van der Waals surface area (Å²) in [5, 5.41) is 12.7. The molecule has 2 heterocycles. The molecule has 2 aromatic carbocycles. The topological polar surface area (TPSA) is 81.8 Å². The van der Waals surface area contributed by atoms with Gasteiger partial charge in [0.25, 0.3) is 5.56 Å². The monoisotopic (exact) mass is 443 g/mol. The Hall–Kier alpha value is -3.74. The predicted octanol–water partition coefficient (Wildman–Crippen LogP) is 3.64. The fraction of sp³-hybridized carbons (Fsp3) is 0.308. The molecule has 1 N–H and O–H groups in total. The number of nitrogens with zero attached hydrogens (tertiary/aromatic N) is 4. The summed E-state index contributed by atoms with van der Waals surface area (Å²) in [6, 6.07) is 18.1. The summed E-state index contributed by atoms with van der Waals surface area (Å²) in [7, 11) is 0. The van der Waals surface area contributed by atoms with Crippen LogP contribution in [0.4, 0.5) is 0 Å². The van der Waals surface area contributed by atoms with E-state index in [-0.39, 0.29) is 24.1 Å². The summed E-state index contributed by atoms with van der Waals surface area (Å²) in [6.07, 6.45) is 1.69. The highest BCUT2D eigenvalue weighted by Gasteiger charge is 2.19. The van der Waals surface area contributed by atoms with Gasteiger partial charge in [-0.3, -0.25) is 9.59 Å². The molecule has 7 heteroatoms. The van der Waals surface area contributed by atoms with Gasteiger partial charge in [-0.2, -0.15) is 10.2 Å². The quantitative estimate of drug-likeness (QED) is 0.473. The van der Waals surface area contributed by atoms with Crippen molar-refractivity contribution >= 4 is 16.8 Å². The van der Waals surface area contributed by atoms with E-state index in [1.807, 2.05) is 70.2 Å². The zero-order chi connectivity index (χ0) is 23.5. The molecule has 0 fully saturated rings. The number of benzene rings is 2. The number of carbonyl (C=O) groups is 1. The summed E-state index contributed by atoms with van der Waals surface area (Å²) >= 11 is 0. The third-order valence-corrected chi connectivity index (χ3v) is 5.87. The van der Waals surface area contributed by atoms with Crippen molar-refractivity contribution in [1.29, 1.82) is 0 Å². The maximum Gasteiger partial charge on any atom is 0.295 e. The number of amides is 1. The minimum atomic E-state index is -0.364. The Kier molecular flexibility index (Phi) is 6.40. The van der Waals surface area contributed by atoms with Crippen LogP contribution in [0.1, 0.15) is 35.9 Å². The van der Waals surface area contributed by atoms with Gasteiger partial charge in [-0.05, 0) is 58.2 Å². The van der Waals surface area contributed by atoms with Gasteiger partial charge in [0.2, 0.25) is 5.91 Å². The zero-order valence-corrected chi connectivity index (χ0v) is 19.5. The van der Waals surface area contributed by atoms with Crippen LogP contribution in [0.15, 0.2) is 59.4 Å². The first-order valence-electron chi connectivity index (χ1n) is 11.2. The Labute approximate surface area is 193 Å². The molecule has 7 nitrogen and oxygen atoms in total. The van der Waals surface area contributed by atoms with Crippen molar-refractivity contribution in [1.82, 2.24) is 24.9 Å². The molecule has 4 aromatic rings. The lowest BCUT2D eigenvalue weighted by Gasteiger charge is -2.14. The second kappa shape index (κ2) is 9.40. The van der Waals surface area contributed by atoms with Crippen LogP contribution in [-0.4, -0.2) is 31.5 Å². The minimum absolute atomic E-state index is 0.0128. The van der Waals surface area contributed by atoms with Gasteiger partial charge < -0.3 is 5.32 Å².